The zero-order valence-corrected chi connectivity index (χ0v) is 9.25. The van der Waals surface area contributed by atoms with Crippen LogP contribution < -0.4 is 5.32 Å². The van der Waals surface area contributed by atoms with Gasteiger partial charge in [0.25, 0.3) is 0 Å². The van der Waals surface area contributed by atoms with E-state index in [0.717, 1.165) is 0 Å². The van der Waals surface area contributed by atoms with Gasteiger partial charge in [0.1, 0.15) is 6.04 Å². The van der Waals surface area contributed by atoms with E-state index in [4.69, 9.17) is 5.11 Å². The summed E-state index contributed by atoms with van der Waals surface area (Å²) in [6.07, 6.45) is -5.60. The molecule has 0 saturated heterocycles. The van der Waals surface area contributed by atoms with Crippen LogP contribution in [0.2, 0.25) is 0 Å². The van der Waals surface area contributed by atoms with Crippen molar-refractivity contribution in [2.45, 2.75) is 38.4 Å². The van der Waals surface area contributed by atoms with Crippen molar-refractivity contribution in [1.82, 2.24) is 5.32 Å². The third-order valence-corrected chi connectivity index (χ3v) is 2.78. The van der Waals surface area contributed by atoms with Crippen molar-refractivity contribution in [3.63, 3.8) is 0 Å². The van der Waals surface area contributed by atoms with Crippen LogP contribution in [0.4, 0.5) is 13.2 Å². The van der Waals surface area contributed by atoms with Crippen molar-refractivity contribution in [2.75, 3.05) is 0 Å². The van der Waals surface area contributed by atoms with Crippen LogP contribution in [0.25, 0.3) is 0 Å². The zero-order chi connectivity index (χ0) is 13.2. The molecule has 7 heteroatoms. The Labute approximate surface area is 96.2 Å². The van der Waals surface area contributed by atoms with Gasteiger partial charge in [-0.05, 0) is 18.8 Å². The minimum Gasteiger partial charge on any atom is -0.480 e. The van der Waals surface area contributed by atoms with E-state index in [9.17, 15) is 22.8 Å². The molecule has 1 unspecified atom stereocenters. The van der Waals surface area contributed by atoms with Crippen LogP contribution in [0.5, 0.6) is 0 Å². The molecule has 1 fully saturated rings. The van der Waals surface area contributed by atoms with Gasteiger partial charge in [-0.3, -0.25) is 4.79 Å². The largest absolute Gasteiger partial charge is 0.480 e. The second-order valence-electron chi connectivity index (χ2n) is 4.37. The summed E-state index contributed by atoms with van der Waals surface area (Å²) < 4.78 is 35.8. The smallest absolute Gasteiger partial charge is 0.389 e. The van der Waals surface area contributed by atoms with Crippen LogP contribution in [0.3, 0.4) is 0 Å². The topological polar surface area (TPSA) is 66.4 Å². The molecule has 0 spiro atoms. The van der Waals surface area contributed by atoms with Crippen molar-refractivity contribution in [3.05, 3.63) is 0 Å². The summed E-state index contributed by atoms with van der Waals surface area (Å²) in [6, 6.07) is -1.46. The normalized spacial score (nSPS) is 25.2. The quantitative estimate of drug-likeness (QED) is 0.781. The summed E-state index contributed by atoms with van der Waals surface area (Å²) >= 11 is 0. The van der Waals surface area contributed by atoms with E-state index in [-0.39, 0.29) is 11.8 Å². The monoisotopic (exact) mass is 253 g/mol. The van der Waals surface area contributed by atoms with Gasteiger partial charge in [0, 0.05) is 12.3 Å². The van der Waals surface area contributed by atoms with Crippen molar-refractivity contribution < 1.29 is 27.9 Å². The Morgan fingerprint density at radius 2 is 2.00 bits per heavy atom. The van der Waals surface area contributed by atoms with E-state index in [1.807, 2.05) is 6.92 Å². The van der Waals surface area contributed by atoms with Gasteiger partial charge < -0.3 is 10.4 Å². The van der Waals surface area contributed by atoms with Gasteiger partial charge in [0.15, 0.2) is 0 Å². The maximum atomic E-state index is 11.9. The van der Waals surface area contributed by atoms with Crippen LogP contribution in [-0.4, -0.2) is 29.2 Å². The Bertz CT molecular complexity index is 316. The second-order valence-corrected chi connectivity index (χ2v) is 4.37. The first-order chi connectivity index (χ1) is 7.70. The maximum absolute atomic E-state index is 11.9. The minimum atomic E-state index is -4.41. The summed E-state index contributed by atoms with van der Waals surface area (Å²) in [5.74, 6) is -1.96. The van der Waals surface area contributed by atoms with E-state index in [2.05, 4.69) is 5.32 Å². The highest BCUT2D eigenvalue weighted by molar-refractivity contribution is 5.86. The molecule has 1 aliphatic carbocycles. The van der Waals surface area contributed by atoms with Gasteiger partial charge in [0.2, 0.25) is 5.91 Å². The molecule has 1 rings (SSSR count). The third-order valence-electron chi connectivity index (χ3n) is 2.78. The van der Waals surface area contributed by atoms with Gasteiger partial charge in [-0.1, -0.05) is 6.92 Å². The molecular weight excluding hydrogens is 239 g/mol. The number of carboxylic acids is 1. The number of rotatable bonds is 5. The molecule has 98 valence electrons. The van der Waals surface area contributed by atoms with Gasteiger partial charge in [0.05, 0.1) is 0 Å². The summed E-state index contributed by atoms with van der Waals surface area (Å²) in [4.78, 5) is 22.1. The van der Waals surface area contributed by atoms with Crippen molar-refractivity contribution >= 4 is 11.9 Å². The maximum Gasteiger partial charge on any atom is 0.389 e. The lowest BCUT2D eigenvalue weighted by Crippen LogP contribution is -2.42. The molecule has 0 aromatic carbocycles. The minimum absolute atomic E-state index is 0.187. The fourth-order valence-corrected chi connectivity index (χ4v) is 1.53. The number of hydrogen-bond donors (Lipinski definition) is 2. The first-order valence-electron chi connectivity index (χ1n) is 5.30. The molecule has 3 atom stereocenters. The molecule has 1 saturated carbocycles. The fourth-order valence-electron chi connectivity index (χ4n) is 1.53. The predicted molar refractivity (Wildman–Crippen MR) is 52.1 cm³/mol. The first kappa shape index (κ1) is 13.8. The molecule has 17 heavy (non-hydrogen) atoms. The summed E-state index contributed by atoms with van der Waals surface area (Å²) in [5, 5.41) is 10.8. The number of nitrogens with one attached hydrogen (secondary N) is 1. The SMILES string of the molecule is C[C@H]1CC1C(=O)N[C@@H](CCC(F)(F)F)C(=O)O. The molecule has 0 aromatic rings. The number of carbonyl (C=O) groups is 2. The summed E-state index contributed by atoms with van der Waals surface area (Å²) in [7, 11) is 0. The van der Waals surface area contributed by atoms with Gasteiger partial charge in [-0.2, -0.15) is 13.2 Å². The molecule has 1 aliphatic rings. The van der Waals surface area contributed by atoms with E-state index in [1.165, 1.54) is 0 Å². The lowest BCUT2D eigenvalue weighted by molar-refractivity contribution is -0.148. The predicted octanol–water partition coefficient (Wildman–Crippen LogP) is 1.55. The second kappa shape index (κ2) is 4.93. The molecular formula is C10H14F3NO3. The Balaban J connectivity index is 2.43. The molecule has 0 radical (unpaired) electrons. The number of carbonyl (C=O) groups excluding carboxylic acids is 1. The number of hydrogen-bond acceptors (Lipinski definition) is 2. The molecule has 0 heterocycles. The van der Waals surface area contributed by atoms with Gasteiger partial charge in [-0.25, -0.2) is 4.79 Å². The standard InChI is InChI=1S/C10H14F3NO3/c1-5-4-6(5)8(15)14-7(9(16)17)2-3-10(11,12)13/h5-7H,2-4H2,1H3,(H,14,15)(H,16,17)/t5-,6?,7-/m0/s1. The van der Waals surface area contributed by atoms with Crippen LogP contribution in [-0.2, 0) is 9.59 Å². The Kier molecular flexibility index (Phi) is 4.00. The van der Waals surface area contributed by atoms with E-state index < -0.39 is 36.9 Å². The van der Waals surface area contributed by atoms with Crippen LogP contribution in [0.1, 0.15) is 26.2 Å². The Morgan fingerprint density at radius 1 is 1.47 bits per heavy atom. The number of aliphatic carboxylic acids is 1. The molecule has 1 amide bonds. The molecule has 4 nitrogen and oxygen atoms in total. The average Bonchev–Trinajstić information content (AvgIpc) is 2.87. The zero-order valence-electron chi connectivity index (χ0n) is 9.25. The van der Waals surface area contributed by atoms with Gasteiger partial charge >= 0.3 is 12.1 Å². The number of amides is 1. The lowest BCUT2D eigenvalue weighted by atomic mass is 10.1. The third kappa shape index (κ3) is 4.62. The van der Waals surface area contributed by atoms with Crippen LogP contribution >= 0.6 is 0 Å². The lowest BCUT2D eigenvalue weighted by Gasteiger charge is -2.15. The number of carboxylic acid groups (broad SMARTS) is 1. The highest BCUT2D eigenvalue weighted by atomic mass is 19.4. The van der Waals surface area contributed by atoms with Crippen LogP contribution in [0, 0.1) is 11.8 Å². The van der Waals surface area contributed by atoms with E-state index in [0.29, 0.717) is 6.42 Å². The molecule has 0 bridgehead atoms. The van der Waals surface area contributed by atoms with Gasteiger partial charge in [-0.15, -0.1) is 0 Å². The van der Waals surface area contributed by atoms with Crippen molar-refractivity contribution in [3.8, 4) is 0 Å². The summed E-state index contributed by atoms with van der Waals surface area (Å²) in [5.41, 5.74) is 0. The molecule has 0 aliphatic heterocycles. The average molecular weight is 253 g/mol. The molecule has 0 aromatic heterocycles. The number of halogens is 3. The first-order valence-corrected chi connectivity index (χ1v) is 5.30. The highest BCUT2D eigenvalue weighted by Crippen LogP contribution is 2.37. The summed E-state index contributed by atoms with van der Waals surface area (Å²) in [6.45, 7) is 1.83. The Morgan fingerprint density at radius 3 is 2.35 bits per heavy atom. The fraction of sp³-hybridized carbons (Fsp3) is 0.800. The Hall–Kier alpha value is -1.27. The van der Waals surface area contributed by atoms with E-state index >= 15 is 0 Å². The highest BCUT2D eigenvalue weighted by Gasteiger charge is 2.41. The van der Waals surface area contributed by atoms with Crippen molar-refractivity contribution in [1.29, 1.82) is 0 Å². The number of alkyl halides is 3. The van der Waals surface area contributed by atoms with E-state index in [1.54, 1.807) is 0 Å². The van der Waals surface area contributed by atoms with Crippen molar-refractivity contribution in [2.24, 2.45) is 11.8 Å². The van der Waals surface area contributed by atoms with Crippen LogP contribution in [0.15, 0.2) is 0 Å². The molecule has 2 N–H and O–H groups in total.